The van der Waals surface area contributed by atoms with E-state index in [1.807, 2.05) is 0 Å². The van der Waals surface area contributed by atoms with E-state index in [0.29, 0.717) is 30.2 Å². The highest BCUT2D eigenvalue weighted by Gasteiger charge is 2.28. The minimum absolute atomic E-state index is 0.118. The van der Waals surface area contributed by atoms with E-state index in [4.69, 9.17) is 4.74 Å². The molecule has 1 fully saturated rings. The summed E-state index contributed by atoms with van der Waals surface area (Å²) in [7, 11) is -3.49. The largest absolute Gasteiger partial charge is 0.482 e. The van der Waals surface area contributed by atoms with Crippen molar-refractivity contribution in [3.8, 4) is 5.75 Å². The van der Waals surface area contributed by atoms with Crippen LogP contribution in [0.25, 0.3) is 0 Å². The van der Waals surface area contributed by atoms with Gasteiger partial charge in [0.25, 0.3) is 5.91 Å². The number of carbonyl (C=O) groups excluding carboxylic acids is 2. The summed E-state index contributed by atoms with van der Waals surface area (Å²) < 4.78 is 32.0. The quantitative estimate of drug-likeness (QED) is 0.804. The molecule has 1 saturated heterocycles. The summed E-state index contributed by atoms with van der Waals surface area (Å²) in [6.07, 6.45) is 1.74. The van der Waals surface area contributed by atoms with Crippen LogP contribution in [0.2, 0.25) is 0 Å². The van der Waals surface area contributed by atoms with Gasteiger partial charge in [0.1, 0.15) is 12.3 Å². The summed E-state index contributed by atoms with van der Waals surface area (Å²) in [6, 6.07) is 13.1. The van der Waals surface area contributed by atoms with Crippen molar-refractivity contribution in [3.63, 3.8) is 0 Å². The predicted molar refractivity (Wildman–Crippen MR) is 107 cm³/mol. The second-order valence-corrected chi connectivity index (χ2v) is 8.86. The van der Waals surface area contributed by atoms with Gasteiger partial charge in [-0.15, -0.1) is 0 Å². The number of nitrogens with zero attached hydrogens (tertiary/aromatic N) is 2. The van der Waals surface area contributed by atoms with Gasteiger partial charge in [0.05, 0.1) is 10.6 Å². The Balaban J connectivity index is 1.43. The number of para-hydroxylation sites is 2. The Morgan fingerprint density at radius 1 is 1.03 bits per heavy atom. The van der Waals surface area contributed by atoms with E-state index < -0.39 is 10.0 Å². The molecule has 2 aliphatic rings. The highest BCUT2D eigenvalue weighted by atomic mass is 32.2. The normalized spacial score (nSPS) is 17.0. The first-order valence-electron chi connectivity index (χ1n) is 9.37. The van der Waals surface area contributed by atoms with E-state index in [9.17, 15) is 18.0 Å². The molecule has 0 aliphatic carbocycles. The number of rotatable bonds is 5. The average Bonchev–Trinajstić information content (AvgIpc) is 3.26. The van der Waals surface area contributed by atoms with Crippen molar-refractivity contribution in [1.82, 2.24) is 4.31 Å². The zero-order chi connectivity index (χ0) is 20.4. The van der Waals surface area contributed by atoms with Crippen molar-refractivity contribution in [1.29, 1.82) is 0 Å². The van der Waals surface area contributed by atoms with E-state index >= 15 is 0 Å². The van der Waals surface area contributed by atoms with E-state index in [1.54, 1.807) is 36.4 Å². The molecule has 1 N–H and O–H groups in total. The van der Waals surface area contributed by atoms with Crippen LogP contribution in [0.15, 0.2) is 53.4 Å². The molecule has 2 heterocycles. The highest BCUT2D eigenvalue weighted by molar-refractivity contribution is 7.89. The number of hydrogen-bond donors (Lipinski definition) is 1. The highest BCUT2D eigenvalue weighted by Crippen LogP contribution is 2.31. The fourth-order valence-electron chi connectivity index (χ4n) is 3.46. The van der Waals surface area contributed by atoms with E-state index in [1.165, 1.54) is 21.3 Å². The molecule has 0 unspecified atom stereocenters. The van der Waals surface area contributed by atoms with Crippen molar-refractivity contribution < 1.29 is 22.7 Å². The maximum absolute atomic E-state index is 12.6. The molecule has 29 heavy (non-hydrogen) atoms. The topological polar surface area (TPSA) is 96.0 Å². The van der Waals surface area contributed by atoms with Crippen LogP contribution in [-0.4, -0.2) is 50.8 Å². The monoisotopic (exact) mass is 415 g/mol. The summed E-state index contributed by atoms with van der Waals surface area (Å²) in [5, 5.41) is 2.71. The lowest BCUT2D eigenvalue weighted by molar-refractivity contribution is -0.123. The Bertz CT molecular complexity index is 1030. The van der Waals surface area contributed by atoms with Gasteiger partial charge in [0.2, 0.25) is 15.9 Å². The van der Waals surface area contributed by atoms with E-state index in [2.05, 4.69) is 5.32 Å². The number of nitrogens with one attached hydrogen (secondary N) is 1. The fraction of sp³-hybridized carbons (Fsp3) is 0.300. The van der Waals surface area contributed by atoms with E-state index in [-0.39, 0.29) is 29.9 Å². The number of amides is 2. The number of hydrogen-bond acceptors (Lipinski definition) is 5. The van der Waals surface area contributed by atoms with Gasteiger partial charge in [-0.05, 0) is 49.2 Å². The standard InChI is InChI=1S/C20H21N3O5S/c24-19(13-23-17-5-1-2-6-18(17)28-14-20(23)25)21-15-7-9-16(10-8-15)29(26,27)22-11-3-4-12-22/h1-2,5-10H,3-4,11-14H2,(H,21,24). The first-order chi connectivity index (χ1) is 13.9. The third-order valence-electron chi connectivity index (χ3n) is 4.95. The zero-order valence-electron chi connectivity index (χ0n) is 15.7. The van der Waals surface area contributed by atoms with Crippen LogP contribution in [0.3, 0.4) is 0 Å². The van der Waals surface area contributed by atoms with Crippen molar-refractivity contribution >= 4 is 33.2 Å². The lowest BCUT2D eigenvalue weighted by atomic mass is 10.2. The van der Waals surface area contributed by atoms with Crippen molar-refractivity contribution in [2.75, 3.05) is 36.5 Å². The fourth-order valence-corrected chi connectivity index (χ4v) is 4.98. The lowest BCUT2D eigenvalue weighted by Crippen LogP contribution is -2.43. The molecule has 4 rings (SSSR count). The van der Waals surface area contributed by atoms with Crippen LogP contribution in [0.4, 0.5) is 11.4 Å². The third-order valence-corrected chi connectivity index (χ3v) is 6.86. The van der Waals surface area contributed by atoms with Gasteiger partial charge in [0.15, 0.2) is 6.61 Å². The van der Waals surface area contributed by atoms with Gasteiger partial charge in [-0.3, -0.25) is 14.5 Å². The average molecular weight is 415 g/mol. The van der Waals surface area contributed by atoms with Gasteiger partial charge in [-0.2, -0.15) is 4.31 Å². The van der Waals surface area contributed by atoms with Crippen LogP contribution < -0.4 is 15.0 Å². The van der Waals surface area contributed by atoms with Crippen LogP contribution in [0.1, 0.15) is 12.8 Å². The maximum atomic E-state index is 12.6. The molecule has 0 saturated carbocycles. The molecule has 2 aliphatic heterocycles. The minimum atomic E-state index is -3.49. The van der Waals surface area contributed by atoms with Crippen LogP contribution >= 0.6 is 0 Å². The van der Waals surface area contributed by atoms with E-state index in [0.717, 1.165) is 12.8 Å². The van der Waals surface area contributed by atoms with Crippen molar-refractivity contribution in [2.45, 2.75) is 17.7 Å². The first kappa shape index (κ1) is 19.4. The number of carbonyl (C=O) groups is 2. The molecule has 2 aromatic rings. The lowest BCUT2D eigenvalue weighted by Gasteiger charge is -2.28. The van der Waals surface area contributed by atoms with Gasteiger partial charge < -0.3 is 10.1 Å². The molecule has 0 radical (unpaired) electrons. The molecule has 152 valence electrons. The maximum Gasteiger partial charge on any atom is 0.265 e. The van der Waals surface area contributed by atoms with Gasteiger partial charge >= 0.3 is 0 Å². The molecule has 0 atom stereocenters. The third kappa shape index (κ3) is 3.96. The number of sulfonamides is 1. The molecular formula is C20H21N3O5S. The number of anilines is 2. The molecule has 0 spiro atoms. The Morgan fingerprint density at radius 2 is 1.72 bits per heavy atom. The SMILES string of the molecule is O=C(CN1C(=O)COc2ccccc21)Nc1ccc(S(=O)(=O)N2CCCC2)cc1. The molecule has 2 aromatic carbocycles. The molecule has 9 heteroatoms. The summed E-state index contributed by atoms with van der Waals surface area (Å²) in [4.78, 5) is 26.2. The second kappa shape index (κ2) is 7.84. The summed E-state index contributed by atoms with van der Waals surface area (Å²) >= 11 is 0. The van der Waals surface area contributed by atoms with Gasteiger partial charge in [0, 0.05) is 18.8 Å². The molecule has 0 aromatic heterocycles. The van der Waals surface area contributed by atoms with Crippen LogP contribution in [0.5, 0.6) is 5.75 Å². The predicted octanol–water partition coefficient (Wildman–Crippen LogP) is 1.84. The second-order valence-electron chi connectivity index (χ2n) is 6.92. The van der Waals surface area contributed by atoms with Crippen molar-refractivity contribution in [2.24, 2.45) is 0 Å². The van der Waals surface area contributed by atoms with Crippen molar-refractivity contribution in [3.05, 3.63) is 48.5 Å². The molecule has 8 nitrogen and oxygen atoms in total. The van der Waals surface area contributed by atoms with Crippen LogP contribution in [0, 0.1) is 0 Å². The number of benzene rings is 2. The molecule has 0 bridgehead atoms. The number of fused-ring (bicyclic) bond motifs is 1. The Kier molecular flexibility index (Phi) is 5.25. The summed E-state index contributed by atoms with van der Waals surface area (Å²) in [6.45, 7) is 0.798. The minimum Gasteiger partial charge on any atom is -0.482 e. The van der Waals surface area contributed by atoms with Gasteiger partial charge in [-0.25, -0.2) is 8.42 Å². The Labute approximate surface area is 169 Å². The zero-order valence-corrected chi connectivity index (χ0v) is 16.5. The smallest absolute Gasteiger partial charge is 0.265 e. The van der Waals surface area contributed by atoms with Crippen LogP contribution in [-0.2, 0) is 19.6 Å². The Hall–Kier alpha value is -2.91. The van der Waals surface area contributed by atoms with Gasteiger partial charge in [-0.1, -0.05) is 12.1 Å². The summed E-state index contributed by atoms with van der Waals surface area (Å²) in [5.74, 6) is -0.132. The Morgan fingerprint density at radius 3 is 2.45 bits per heavy atom. The summed E-state index contributed by atoms with van der Waals surface area (Å²) in [5.41, 5.74) is 1.01. The molecular weight excluding hydrogens is 394 g/mol. The number of ether oxygens (including phenoxy) is 1. The molecule has 2 amide bonds. The first-order valence-corrected chi connectivity index (χ1v) is 10.8.